The van der Waals surface area contributed by atoms with Gasteiger partial charge in [0.1, 0.15) is 5.75 Å². The molecule has 1 aliphatic rings. The molecule has 1 atom stereocenters. The molecule has 2 N–H and O–H groups in total. The predicted octanol–water partition coefficient (Wildman–Crippen LogP) is 3.61. The second-order valence-electron chi connectivity index (χ2n) is 5.41. The summed E-state index contributed by atoms with van der Waals surface area (Å²) >= 11 is 6.25. The van der Waals surface area contributed by atoms with E-state index in [0.29, 0.717) is 17.6 Å². The van der Waals surface area contributed by atoms with Gasteiger partial charge in [-0.05, 0) is 37.1 Å². The van der Waals surface area contributed by atoms with Crippen LogP contribution in [-0.2, 0) is 0 Å². The third kappa shape index (κ3) is 3.27. The van der Waals surface area contributed by atoms with Crippen molar-refractivity contribution in [2.24, 2.45) is 5.73 Å². The van der Waals surface area contributed by atoms with Gasteiger partial charge in [-0.15, -0.1) is 0 Å². The van der Waals surface area contributed by atoms with Gasteiger partial charge in [0, 0.05) is 18.6 Å². The van der Waals surface area contributed by atoms with E-state index in [1.165, 1.54) is 31.2 Å². The minimum Gasteiger partial charge on any atom is -0.495 e. The average Bonchev–Trinajstić information content (AvgIpc) is 2.98. The van der Waals surface area contributed by atoms with Crippen LogP contribution in [0.15, 0.2) is 18.2 Å². The monoisotopic (exact) mass is 296 g/mol. The number of hydrogen-bond donors (Lipinski definition) is 1. The van der Waals surface area contributed by atoms with E-state index in [9.17, 15) is 0 Å². The van der Waals surface area contributed by atoms with Crippen molar-refractivity contribution < 1.29 is 4.74 Å². The van der Waals surface area contributed by atoms with E-state index < -0.39 is 0 Å². The molecule has 2 rings (SSSR count). The number of rotatable bonds is 6. The van der Waals surface area contributed by atoms with Crippen molar-refractivity contribution in [1.29, 1.82) is 0 Å². The average molecular weight is 297 g/mol. The highest BCUT2D eigenvalue weighted by Crippen LogP contribution is 2.33. The Hall–Kier alpha value is -0.770. The number of nitrogens with zero attached hydrogens (tertiary/aromatic N) is 1. The van der Waals surface area contributed by atoms with Gasteiger partial charge in [-0.25, -0.2) is 0 Å². The topological polar surface area (TPSA) is 38.5 Å². The SMILES string of the molecule is CCN(C1CCCC1)C(CN)c1ccc(OC)c(Cl)c1. The number of benzene rings is 1. The van der Waals surface area contributed by atoms with Crippen LogP contribution >= 0.6 is 11.6 Å². The molecular weight excluding hydrogens is 272 g/mol. The van der Waals surface area contributed by atoms with E-state index in [4.69, 9.17) is 22.1 Å². The third-order valence-corrected chi connectivity index (χ3v) is 4.64. The van der Waals surface area contributed by atoms with Gasteiger partial charge in [0.2, 0.25) is 0 Å². The van der Waals surface area contributed by atoms with Gasteiger partial charge in [0.05, 0.1) is 12.1 Å². The van der Waals surface area contributed by atoms with Crippen LogP contribution in [0.5, 0.6) is 5.75 Å². The Morgan fingerprint density at radius 3 is 2.60 bits per heavy atom. The molecule has 0 radical (unpaired) electrons. The van der Waals surface area contributed by atoms with Gasteiger partial charge in [0.15, 0.2) is 0 Å². The molecule has 112 valence electrons. The first-order chi connectivity index (χ1) is 9.71. The minimum atomic E-state index is 0.242. The number of likely N-dealkylation sites (N-methyl/N-ethyl adjacent to an activating group) is 1. The molecule has 0 aliphatic heterocycles. The number of nitrogens with two attached hydrogens (primary N) is 1. The Bertz CT molecular complexity index is 432. The fourth-order valence-corrected chi connectivity index (χ4v) is 3.59. The van der Waals surface area contributed by atoms with Gasteiger partial charge in [-0.3, -0.25) is 4.90 Å². The third-order valence-electron chi connectivity index (χ3n) is 4.34. The lowest BCUT2D eigenvalue weighted by molar-refractivity contribution is 0.147. The Kier molecular flexibility index (Phi) is 5.70. The summed E-state index contributed by atoms with van der Waals surface area (Å²) in [4.78, 5) is 2.53. The van der Waals surface area contributed by atoms with E-state index in [1.807, 2.05) is 12.1 Å². The summed E-state index contributed by atoms with van der Waals surface area (Å²) in [6.07, 6.45) is 5.24. The summed E-state index contributed by atoms with van der Waals surface area (Å²) in [5, 5.41) is 0.658. The van der Waals surface area contributed by atoms with Gasteiger partial charge in [0.25, 0.3) is 0 Å². The highest BCUT2D eigenvalue weighted by atomic mass is 35.5. The molecule has 1 saturated carbocycles. The van der Waals surface area contributed by atoms with Crippen molar-refractivity contribution in [3.8, 4) is 5.75 Å². The molecule has 1 aromatic rings. The van der Waals surface area contributed by atoms with E-state index >= 15 is 0 Å². The van der Waals surface area contributed by atoms with Crippen LogP contribution in [0.25, 0.3) is 0 Å². The van der Waals surface area contributed by atoms with Gasteiger partial charge in [-0.1, -0.05) is 37.4 Å². The van der Waals surface area contributed by atoms with Crippen LogP contribution in [0.2, 0.25) is 5.02 Å². The standard InChI is InChI=1S/C16H25ClN2O/c1-3-19(13-6-4-5-7-13)15(11-18)12-8-9-16(20-2)14(17)10-12/h8-10,13,15H,3-7,11,18H2,1-2H3. The molecule has 1 fully saturated rings. The van der Waals surface area contributed by atoms with Crippen LogP contribution in [0, 0.1) is 0 Å². The van der Waals surface area contributed by atoms with E-state index in [0.717, 1.165) is 12.3 Å². The normalized spacial score (nSPS) is 17.6. The van der Waals surface area contributed by atoms with Crippen LogP contribution in [0.4, 0.5) is 0 Å². The predicted molar refractivity (Wildman–Crippen MR) is 84.4 cm³/mol. The second-order valence-corrected chi connectivity index (χ2v) is 5.82. The van der Waals surface area contributed by atoms with Crippen molar-refractivity contribution in [3.63, 3.8) is 0 Å². The second kappa shape index (κ2) is 7.30. The zero-order chi connectivity index (χ0) is 14.5. The maximum atomic E-state index is 6.25. The maximum absolute atomic E-state index is 6.25. The minimum absolute atomic E-state index is 0.242. The Labute approximate surface area is 127 Å². The summed E-state index contributed by atoms with van der Waals surface area (Å²) < 4.78 is 5.22. The van der Waals surface area contributed by atoms with Crippen molar-refractivity contribution in [2.75, 3.05) is 20.2 Å². The molecule has 20 heavy (non-hydrogen) atoms. The van der Waals surface area contributed by atoms with E-state index in [2.05, 4.69) is 17.9 Å². The lowest BCUT2D eigenvalue weighted by Gasteiger charge is -2.35. The summed E-state index contributed by atoms with van der Waals surface area (Å²) in [5.74, 6) is 0.718. The van der Waals surface area contributed by atoms with Crippen LogP contribution in [-0.4, -0.2) is 31.1 Å². The lowest BCUT2D eigenvalue weighted by Crippen LogP contribution is -2.40. The molecule has 4 heteroatoms. The van der Waals surface area contributed by atoms with Crippen molar-refractivity contribution >= 4 is 11.6 Å². The summed E-state index contributed by atoms with van der Waals surface area (Å²) in [6.45, 7) is 3.86. The summed E-state index contributed by atoms with van der Waals surface area (Å²) in [6, 6.07) is 6.92. The highest BCUT2D eigenvalue weighted by Gasteiger charge is 2.28. The molecule has 0 amide bonds. The van der Waals surface area contributed by atoms with Crippen molar-refractivity contribution in [2.45, 2.75) is 44.7 Å². The Balaban J connectivity index is 2.23. The first kappa shape index (κ1) is 15.6. The van der Waals surface area contributed by atoms with Gasteiger partial charge in [-0.2, -0.15) is 0 Å². The fourth-order valence-electron chi connectivity index (χ4n) is 3.32. The van der Waals surface area contributed by atoms with Crippen molar-refractivity contribution in [1.82, 2.24) is 4.90 Å². The molecule has 1 aromatic carbocycles. The zero-order valence-corrected chi connectivity index (χ0v) is 13.2. The molecule has 0 bridgehead atoms. The maximum Gasteiger partial charge on any atom is 0.137 e. The molecule has 1 aliphatic carbocycles. The molecule has 1 unspecified atom stereocenters. The van der Waals surface area contributed by atoms with Crippen LogP contribution in [0.1, 0.15) is 44.2 Å². The van der Waals surface area contributed by atoms with E-state index in [-0.39, 0.29) is 6.04 Å². The fraction of sp³-hybridized carbons (Fsp3) is 0.625. The lowest BCUT2D eigenvalue weighted by atomic mass is 10.0. The van der Waals surface area contributed by atoms with Gasteiger partial charge < -0.3 is 10.5 Å². The molecular formula is C16H25ClN2O. The van der Waals surface area contributed by atoms with E-state index in [1.54, 1.807) is 7.11 Å². The number of hydrogen-bond acceptors (Lipinski definition) is 3. The van der Waals surface area contributed by atoms with Crippen LogP contribution in [0.3, 0.4) is 0 Å². The number of ether oxygens (including phenoxy) is 1. The molecule has 0 aromatic heterocycles. The number of halogens is 1. The van der Waals surface area contributed by atoms with Gasteiger partial charge >= 0.3 is 0 Å². The molecule has 0 heterocycles. The van der Waals surface area contributed by atoms with Crippen LogP contribution < -0.4 is 10.5 Å². The number of methoxy groups -OCH3 is 1. The van der Waals surface area contributed by atoms with Crippen molar-refractivity contribution in [3.05, 3.63) is 28.8 Å². The zero-order valence-electron chi connectivity index (χ0n) is 12.4. The first-order valence-electron chi connectivity index (χ1n) is 7.50. The molecule has 0 spiro atoms. The highest BCUT2D eigenvalue weighted by molar-refractivity contribution is 6.32. The first-order valence-corrected chi connectivity index (χ1v) is 7.88. The summed E-state index contributed by atoms with van der Waals surface area (Å²) in [7, 11) is 1.64. The molecule has 0 saturated heterocycles. The summed E-state index contributed by atoms with van der Waals surface area (Å²) in [5.41, 5.74) is 7.24. The smallest absolute Gasteiger partial charge is 0.137 e. The largest absolute Gasteiger partial charge is 0.495 e. The molecule has 3 nitrogen and oxygen atoms in total. The Morgan fingerprint density at radius 1 is 1.40 bits per heavy atom. The Morgan fingerprint density at radius 2 is 2.10 bits per heavy atom. The quantitative estimate of drug-likeness (QED) is 0.871.